The smallest absolute Gasteiger partial charge is 0.298 e. The van der Waals surface area contributed by atoms with E-state index in [9.17, 15) is 9.59 Å². The number of para-hydroxylation sites is 1. The van der Waals surface area contributed by atoms with Crippen molar-refractivity contribution in [2.24, 2.45) is 0 Å². The number of thioether (sulfide) groups is 1. The number of aryl methyl sites for hydroxylation is 1. The van der Waals surface area contributed by atoms with E-state index in [-0.39, 0.29) is 11.1 Å². The van der Waals surface area contributed by atoms with Crippen molar-refractivity contribution < 1.29 is 14.3 Å². The molecule has 0 aromatic heterocycles. The Hall–Kier alpha value is -3.83. The lowest BCUT2D eigenvalue weighted by molar-refractivity contribution is -0.113. The Bertz CT molecular complexity index is 1380. The van der Waals surface area contributed by atoms with Crippen molar-refractivity contribution in [3.05, 3.63) is 113 Å². The number of carbonyl (C=O) groups excluding carboxylic acids is 2. The molecular weight excluding hydrogens is 430 g/mol. The van der Waals surface area contributed by atoms with Crippen LogP contribution >= 0.6 is 11.8 Å². The topological polar surface area (TPSA) is 46.6 Å². The number of fused-ring (bicyclic) bond motifs is 1. The zero-order valence-corrected chi connectivity index (χ0v) is 18.8. The Labute approximate surface area is 196 Å². The van der Waals surface area contributed by atoms with Crippen molar-refractivity contribution in [3.63, 3.8) is 0 Å². The molecule has 0 radical (unpaired) electrons. The van der Waals surface area contributed by atoms with Crippen LogP contribution in [0.25, 0.3) is 16.8 Å². The van der Waals surface area contributed by atoms with E-state index in [1.54, 1.807) is 18.2 Å². The molecule has 1 aliphatic rings. The molecule has 0 aliphatic carbocycles. The summed E-state index contributed by atoms with van der Waals surface area (Å²) < 4.78 is 6.19. The second-order valence-corrected chi connectivity index (χ2v) is 8.82. The number of rotatable bonds is 5. The predicted molar refractivity (Wildman–Crippen MR) is 134 cm³/mol. The maximum atomic E-state index is 13.2. The quantitative estimate of drug-likeness (QED) is 0.308. The molecule has 0 N–H and O–H groups in total. The molecule has 0 bridgehead atoms. The predicted octanol–water partition coefficient (Wildman–Crippen LogP) is 6.97. The lowest BCUT2D eigenvalue weighted by Gasteiger charge is -2.13. The zero-order chi connectivity index (χ0) is 22.8. The second kappa shape index (κ2) is 8.96. The van der Waals surface area contributed by atoms with Gasteiger partial charge in [-0.15, -0.1) is 0 Å². The summed E-state index contributed by atoms with van der Waals surface area (Å²) in [5, 5.41) is 1.69. The summed E-state index contributed by atoms with van der Waals surface area (Å²) in [7, 11) is 0. The van der Waals surface area contributed by atoms with Crippen LogP contribution < -0.4 is 9.64 Å². The van der Waals surface area contributed by atoms with Gasteiger partial charge in [0.1, 0.15) is 12.4 Å². The minimum atomic E-state index is -0.325. The number of benzene rings is 4. The van der Waals surface area contributed by atoms with Crippen molar-refractivity contribution >= 4 is 45.4 Å². The van der Waals surface area contributed by atoms with Gasteiger partial charge in [-0.05, 0) is 59.3 Å². The highest BCUT2D eigenvalue weighted by atomic mass is 32.2. The molecule has 1 fully saturated rings. The molecule has 5 heteroatoms. The second-order valence-electron chi connectivity index (χ2n) is 7.83. The fraction of sp³-hybridized carbons (Fsp3) is 0.0714. The van der Waals surface area contributed by atoms with Crippen LogP contribution in [-0.2, 0) is 11.4 Å². The Balaban J connectivity index is 1.53. The van der Waals surface area contributed by atoms with Gasteiger partial charge in [-0.2, -0.15) is 0 Å². The first-order valence-corrected chi connectivity index (χ1v) is 11.4. The number of carbonyl (C=O) groups is 2. The SMILES string of the molecule is Cc1ccc(COc2ccc3ccccc3c2/C=C2/SC(=O)N(c3ccccc3)C2=O)cc1. The Morgan fingerprint density at radius 1 is 0.848 bits per heavy atom. The Kier molecular flexibility index (Phi) is 5.71. The first-order chi connectivity index (χ1) is 16.1. The van der Waals surface area contributed by atoms with Crippen LogP contribution in [0.15, 0.2) is 95.9 Å². The minimum absolute atomic E-state index is 0.306. The number of ether oxygens (including phenoxy) is 1. The van der Waals surface area contributed by atoms with Crippen LogP contribution in [0.1, 0.15) is 16.7 Å². The summed E-state index contributed by atoms with van der Waals surface area (Å²) >= 11 is 0.948. The Morgan fingerprint density at radius 3 is 2.36 bits per heavy atom. The summed E-state index contributed by atoms with van der Waals surface area (Å²) in [6, 6.07) is 29.1. The van der Waals surface area contributed by atoms with Crippen molar-refractivity contribution in [1.82, 2.24) is 0 Å². The zero-order valence-electron chi connectivity index (χ0n) is 18.0. The highest BCUT2D eigenvalue weighted by Gasteiger charge is 2.36. The van der Waals surface area contributed by atoms with Gasteiger partial charge in [0.2, 0.25) is 0 Å². The molecule has 33 heavy (non-hydrogen) atoms. The van der Waals surface area contributed by atoms with E-state index in [4.69, 9.17) is 4.74 Å². The molecule has 1 aliphatic heterocycles. The minimum Gasteiger partial charge on any atom is -0.488 e. The summed E-state index contributed by atoms with van der Waals surface area (Å²) in [4.78, 5) is 27.4. The fourth-order valence-electron chi connectivity index (χ4n) is 3.79. The average molecular weight is 452 g/mol. The summed E-state index contributed by atoms with van der Waals surface area (Å²) in [5.41, 5.74) is 3.61. The van der Waals surface area contributed by atoms with Gasteiger partial charge in [0.25, 0.3) is 11.1 Å². The third-order valence-electron chi connectivity index (χ3n) is 5.53. The third-order valence-corrected chi connectivity index (χ3v) is 6.40. The maximum Gasteiger partial charge on any atom is 0.298 e. The van der Waals surface area contributed by atoms with Crippen molar-refractivity contribution in [3.8, 4) is 5.75 Å². The normalized spacial score (nSPS) is 14.9. The molecule has 162 valence electrons. The summed E-state index contributed by atoms with van der Waals surface area (Å²) in [6.45, 7) is 2.46. The number of nitrogens with zero attached hydrogens (tertiary/aromatic N) is 1. The van der Waals surface area contributed by atoms with E-state index >= 15 is 0 Å². The molecule has 0 saturated carbocycles. The number of amides is 2. The van der Waals surface area contributed by atoms with Crippen molar-refractivity contribution in [2.75, 3.05) is 4.90 Å². The summed E-state index contributed by atoms with van der Waals surface area (Å²) in [6.07, 6.45) is 1.78. The van der Waals surface area contributed by atoms with Gasteiger partial charge < -0.3 is 4.74 Å². The molecule has 2 amide bonds. The van der Waals surface area contributed by atoms with Crippen LogP contribution in [0.2, 0.25) is 0 Å². The molecular formula is C28H21NO3S. The molecule has 0 unspecified atom stereocenters. The molecule has 4 aromatic rings. The largest absolute Gasteiger partial charge is 0.488 e. The van der Waals surface area contributed by atoms with Gasteiger partial charge in [0, 0.05) is 5.56 Å². The van der Waals surface area contributed by atoms with E-state index in [0.717, 1.165) is 33.7 Å². The van der Waals surface area contributed by atoms with Crippen LogP contribution in [0, 0.1) is 6.92 Å². The van der Waals surface area contributed by atoms with Gasteiger partial charge in [0.15, 0.2) is 0 Å². The molecule has 1 heterocycles. The standard InChI is InChI=1S/C28H21NO3S/c1-19-11-13-20(14-12-19)18-32-25-16-15-21-7-5-6-10-23(21)24(25)17-26-27(30)29(28(31)33-26)22-8-3-2-4-9-22/h2-17H,18H2,1H3/b26-17+. The lowest BCUT2D eigenvalue weighted by Crippen LogP contribution is -2.27. The molecule has 5 rings (SSSR count). The van der Waals surface area contributed by atoms with Gasteiger partial charge in [0.05, 0.1) is 10.6 Å². The van der Waals surface area contributed by atoms with Crippen LogP contribution in [-0.4, -0.2) is 11.1 Å². The summed E-state index contributed by atoms with van der Waals surface area (Å²) in [5.74, 6) is 0.342. The van der Waals surface area contributed by atoms with Crippen LogP contribution in [0.4, 0.5) is 10.5 Å². The van der Waals surface area contributed by atoms with Gasteiger partial charge in [-0.25, -0.2) is 4.90 Å². The first kappa shape index (κ1) is 21.0. The van der Waals surface area contributed by atoms with Crippen LogP contribution in [0.5, 0.6) is 5.75 Å². The van der Waals surface area contributed by atoms with Crippen LogP contribution in [0.3, 0.4) is 0 Å². The Morgan fingerprint density at radius 2 is 1.58 bits per heavy atom. The van der Waals surface area contributed by atoms with E-state index in [0.29, 0.717) is 22.9 Å². The molecule has 4 nitrogen and oxygen atoms in total. The number of hydrogen-bond acceptors (Lipinski definition) is 4. The first-order valence-electron chi connectivity index (χ1n) is 10.6. The highest BCUT2D eigenvalue weighted by molar-refractivity contribution is 8.19. The average Bonchev–Trinajstić information content (AvgIpc) is 3.12. The molecule has 4 aromatic carbocycles. The monoisotopic (exact) mass is 451 g/mol. The number of anilines is 1. The fourth-order valence-corrected chi connectivity index (χ4v) is 4.62. The molecule has 0 spiro atoms. The molecule has 0 atom stereocenters. The van der Waals surface area contributed by atoms with Crippen molar-refractivity contribution in [2.45, 2.75) is 13.5 Å². The van der Waals surface area contributed by atoms with E-state index in [1.165, 1.54) is 10.5 Å². The van der Waals surface area contributed by atoms with Gasteiger partial charge >= 0.3 is 0 Å². The maximum absolute atomic E-state index is 13.2. The van der Waals surface area contributed by atoms with E-state index in [2.05, 4.69) is 19.1 Å². The van der Waals surface area contributed by atoms with Gasteiger partial charge in [-0.1, -0.05) is 78.4 Å². The lowest BCUT2D eigenvalue weighted by atomic mass is 10.0. The number of hydrogen-bond donors (Lipinski definition) is 0. The number of imide groups is 1. The molecule has 1 saturated heterocycles. The van der Waals surface area contributed by atoms with E-state index in [1.807, 2.05) is 66.7 Å². The highest BCUT2D eigenvalue weighted by Crippen LogP contribution is 2.38. The van der Waals surface area contributed by atoms with E-state index < -0.39 is 0 Å². The van der Waals surface area contributed by atoms with Gasteiger partial charge in [-0.3, -0.25) is 9.59 Å². The van der Waals surface area contributed by atoms with Crippen molar-refractivity contribution in [1.29, 1.82) is 0 Å². The third kappa shape index (κ3) is 4.28.